The van der Waals surface area contributed by atoms with Gasteiger partial charge in [0.1, 0.15) is 5.75 Å². The molecular formula is C20H27F3N4O2S. The fourth-order valence-electron chi connectivity index (χ4n) is 3.75. The molecule has 2 saturated heterocycles. The van der Waals surface area contributed by atoms with E-state index in [2.05, 4.69) is 14.7 Å². The third-order valence-corrected chi connectivity index (χ3v) is 5.45. The van der Waals surface area contributed by atoms with Crippen LogP contribution in [0.15, 0.2) is 29.4 Å². The van der Waals surface area contributed by atoms with Crippen molar-refractivity contribution >= 4 is 23.5 Å². The highest BCUT2D eigenvalue weighted by Crippen LogP contribution is 2.24. The molecule has 1 aromatic carbocycles. The molecule has 10 heteroatoms. The molecular weight excluding hydrogens is 417 g/mol. The number of ether oxygens (including phenoxy) is 2. The average Bonchev–Trinajstić information content (AvgIpc) is 3.19. The molecule has 30 heavy (non-hydrogen) atoms. The van der Waals surface area contributed by atoms with Gasteiger partial charge in [-0.3, -0.25) is 4.90 Å². The Balaban J connectivity index is 1.61. The fraction of sp³-hybridized carbons (Fsp3) is 0.600. The summed E-state index contributed by atoms with van der Waals surface area (Å²) < 4.78 is 46.6. The average molecular weight is 445 g/mol. The summed E-state index contributed by atoms with van der Waals surface area (Å²) in [4.78, 5) is 2.26. The number of thiocarbonyl (C=S) groups is 1. The second-order valence-corrected chi connectivity index (χ2v) is 7.96. The molecule has 0 spiro atoms. The minimum atomic E-state index is -4.69. The Morgan fingerprint density at radius 3 is 2.67 bits per heavy atom. The lowest BCUT2D eigenvalue weighted by atomic mass is 10.0. The largest absolute Gasteiger partial charge is 0.573 e. The van der Waals surface area contributed by atoms with Crippen LogP contribution < -0.4 is 10.5 Å². The van der Waals surface area contributed by atoms with E-state index in [1.807, 2.05) is 6.21 Å². The van der Waals surface area contributed by atoms with Crippen LogP contribution in [0.3, 0.4) is 0 Å². The summed E-state index contributed by atoms with van der Waals surface area (Å²) in [5.41, 5.74) is 6.74. The van der Waals surface area contributed by atoms with Crippen LogP contribution in [-0.2, 0) is 11.3 Å². The molecule has 0 amide bonds. The van der Waals surface area contributed by atoms with Gasteiger partial charge >= 0.3 is 6.36 Å². The first-order chi connectivity index (χ1) is 14.3. The number of piperidine rings is 1. The number of hydrazone groups is 1. The van der Waals surface area contributed by atoms with Crippen molar-refractivity contribution in [1.29, 1.82) is 0 Å². The van der Waals surface area contributed by atoms with E-state index in [1.165, 1.54) is 12.1 Å². The number of hydrogen-bond acceptors (Lipinski definition) is 5. The molecule has 3 rings (SSSR count). The molecule has 2 heterocycles. The standard InChI is InChI=1S/C20H27F3N4O2S/c21-20(22,23)29-17-8-6-15(7-9-17)13-26-10-2-1-4-16(26)12-25-27(19(24)30)14-18-5-3-11-28-18/h6-9,12,16,18H,1-5,10-11,13-14H2,(H2,24,30). The quantitative estimate of drug-likeness (QED) is 0.394. The van der Waals surface area contributed by atoms with Crippen LogP contribution in [0.4, 0.5) is 13.2 Å². The summed E-state index contributed by atoms with van der Waals surface area (Å²) in [5, 5.41) is 6.36. The number of benzene rings is 1. The zero-order chi connectivity index (χ0) is 21.6. The van der Waals surface area contributed by atoms with E-state index in [4.69, 9.17) is 22.7 Å². The van der Waals surface area contributed by atoms with Crippen molar-refractivity contribution in [3.8, 4) is 5.75 Å². The molecule has 0 bridgehead atoms. The summed E-state index contributed by atoms with van der Waals surface area (Å²) in [5.74, 6) is -0.218. The number of rotatable bonds is 7. The van der Waals surface area contributed by atoms with Gasteiger partial charge in [-0.25, -0.2) is 5.01 Å². The monoisotopic (exact) mass is 444 g/mol. The van der Waals surface area contributed by atoms with Gasteiger partial charge < -0.3 is 15.2 Å². The summed E-state index contributed by atoms with van der Waals surface area (Å²) in [6, 6.07) is 6.09. The lowest BCUT2D eigenvalue weighted by molar-refractivity contribution is -0.274. The van der Waals surface area contributed by atoms with E-state index in [0.29, 0.717) is 13.1 Å². The molecule has 6 nitrogen and oxygen atoms in total. The topological polar surface area (TPSA) is 63.3 Å². The molecule has 166 valence electrons. The maximum absolute atomic E-state index is 12.3. The SMILES string of the molecule is NC(=S)N(CC1CCCO1)N=CC1CCCCN1Cc1ccc(OC(F)(F)F)cc1. The van der Waals surface area contributed by atoms with Crippen LogP contribution in [0.5, 0.6) is 5.75 Å². The minimum Gasteiger partial charge on any atom is -0.406 e. The lowest BCUT2D eigenvalue weighted by Gasteiger charge is -2.34. The van der Waals surface area contributed by atoms with Crippen molar-refractivity contribution in [2.75, 3.05) is 19.7 Å². The van der Waals surface area contributed by atoms with Crippen LogP contribution in [0, 0.1) is 0 Å². The Labute approximate surface area is 179 Å². The first-order valence-electron chi connectivity index (χ1n) is 10.1. The second-order valence-electron chi connectivity index (χ2n) is 7.55. The third kappa shape index (κ3) is 7.10. The molecule has 0 saturated carbocycles. The highest BCUT2D eigenvalue weighted by molar-refractivity contribution is 7.80. The number of halogens is 3. The zero-order valence-electron chi connectivity index (χ0n) is 16.7. The fourth-order valence-corrected chi connectivity index (χ4v) is 3.87. The first-order valence-corrected chi connectivity index (χ1v) is 10.5. The van der Waals surface area contributed by atoms with Gasteiger partial charge in [-0.15, -0.1) is 13.2 Å². The van der Waals surface area contributed by atoms with Crippen LogP contribution in [-0.4, -0.2) is 59.4 Å². The van der Waals surface area contributed by atoms with Gasteiger partial charge in [0.25, 0.3) is 0 Å². The Morgan fingerprint density at radius 2 is 2.03 bits per heavy atom. The van der Waals surface area contributed by atoms with Crippen molar-refractivity contribution in [3.63, 3.8) is 0 Å². The van der Waals surface area contributed by atoms with Crippen LogP contribution in [0.25, 0.3) is 0 Å². The summed E-state index contributed by atoms with van der Waals surface area (Å²) in [6.07, 6.45) is 2.37. The van der Waals surface area contributed by atoms with Crippen molar-refractivity contribution in [2.45, 2.75) is 57.2 Å². The van der Waals surface area contributed by atoms with Gasteiger partial charge in [0.05, 0.1) is 12.6 Å². The van der Waals surface area contributed by atoms with E-state index >= 15 is 0 Å². The van der Waals surface area contributed by atoms with E-state index in [0.717, 1.165) is 50.8 Å². The molecule has 0 radical (unpaired) electrons. The van der Waals surface area contributed by atoms with E-state index in [9.17, 15) is 13.2 Å². The van der Waals surface area contributed by atoms with Gasteiger partial charge in [-0.2, -0.15) is 5.10 Å². The van der Waals surface area contributed by atoms with Crippen LogP contribution >= 0.6 is 12.2 Å². The number of likely N-dealkylation sites (tertiary alicyclic amines) is 1. The first kappa shape index (κ1) is 22.8. The molecule has 0 aromatic heterocycles. The van der Waals surface area contributed by atoms with Crippen molar-refractivity contribution < 1.29 is 22.6 Å². The molecule has 2 N–H and O–H groups in total. The Hall–Kier alpha value is -1.91. The predicted molar refractivity (Wildman–Crippen MR) is 112 cm³/mol. The number of nitrogens with zero attached hydrogens (tertiary/aromatic N) is 3. The van der Waals surface area contributed by atoms with Gasteiger partial charge in [0, 0.05) is 25.4 Å². The Morgan fingerprint density at radius 1 is 1.27 bits per heavy atom. The van der Waals surface area contributed by atoms with Gasteiger partial charge in [-0.1, -0.05) is 18.6 Å². The smallest absolute Gasteiger partial charge is 0.406 e. The van der Waals surface area contributed by atoms with Crippen molar-refractivity contribution in [1.82, 2.24) is 9.91 Å². The lowest BCUT2D eigenvalue weighted by Crippen LogP contribution is -2.42. The summed E-state index contributed by atoms with van der Waals surface area (Å²) in [6.45, 7) is 2.79. The highest BCUT2D eigenvalue weighted by Gasteiger charge is 2.31. The van der Waals surface area contributed by atoms with Crippen molar-refractivity contribution in [3.05, 3.63) is 29.8 Å². The number of hydrogen-bond donors (Lipinski definition) is 1. The Kier molecular flexibility index (Phi) is 7.90. The number of alkyl halides is 3. The van der Waals surface area contributed by atoms with E-state index in [-0.39, 0.29) is 23.0 Å². The maximum atomic E-state index is 12.3. The number of nitrogens with two attached hydrogens (primary N) is 1. The van der Waals surface area contributed by atoms with Crippen LogP contribution in [0.1, 0.15) is 37.7 Å². The molecule has 1 aromatic rings. The zero-order valence-corrected chi connectivity index (χ0v) is 17.5. The maximum Gasteiger partial charge on any atom is 0.573 e. The van der Waals surface area contributed by atoms with E-state index in [1.54, 1.807) is 17.1 Å². The molecule has 2 aliphatic heterocycles. The molecule has 2 aliphatic rings. The van der Waals surface area contributed by atoms with Crippen molar-refractivity contribution in [2.24, 2.45) is 10.8 Å². The molecule has 0 aliphatic carbocycles. The van der Waals surface area contributed by atoms with Gasteiger partial charge in [0.15, 0.2) is 5.11 Å². The minimum absolute atomic E-state index is 0.0866. The summed E-state index contributed by atoms with van der Waals surface area (Å²) >= 11 is 5.13. The predicted octanol–water partition coefficient (Wildman–Crippen LogP) is 3.65. The molecule has 2 unspecified atom stereocenters. The Bertz CT molecular complexity index is 724. The highest BCUT2D eigenvalue weighted by atomic mass is 32.1. The van der Waals surface area contributed by atoms with Gasteiger partial charge in [-0.05, 0) is 62.1 Å². The normalized spacial score (nSPS) is 23.0. The molecule has 2 atom stereocenters. The molecule has 2 fully saturated rings. The van der Waals surface area contributed by atoms with Crippen LogP contribution in [0.2, 0.25) is 0 Å². The van der Waals surface area contributed by atoms with E-state index < -0.39 is 6.36 Å². The summed E-state index contributed by atoms with van der Waals surface area (Å²) in [7, 11) is 0. The third-order valence-electron chi connectivity index (χ3n) is 5.24. The van der Waals surface area contributed by atoms with Gasteiger partial charge in [0.2, 0.25) is 0 Å². The second kappa shape index (κ2) is 10.4.